The predicted molar refractivity (Wildman–Crippen MR) is 88.2 cm³/mol. The fraction of sp³-hybridized carbons (Fsp3) is 0.647. The van der Waals surface area contributed by atoms with E-state index in [0.29, 0.717) is 32.0 Å². The highest BCUT2D eigenvalue weighted by Crippen LogP contribution is 2.37. The second-order valence-corrected chi connectivity index (χ2v) is 8.70. The molecule has 2 aliphatic rings. The summed E-state index contributed by atoms with van der Waals surface area (Å²) >= 11 is 0. The van der Waals surface area contributed by atoms with Gasteiger partial charge in [0.25, 0.3) is 9.84 Å². The Balaban J connectivity index is 1.76. The van der Waals surface area contributed by atoms with E-state index in [9.17, 15) is 26.0 Å². The van der Waals surface area contributed by atoms with E-state index in [2.05, 4.69) is 0 Å². The van der Waals surface area contributed by atoms with E-state index in [0.717, 1.165) is 37.8 Å². The molecular formula is C17H21F4NO3S. The molecule has 1 aliphatic heterocycles. The van der Waals surface area contributed by atoms with E-state index in [4.69, 9.17) is 4.74 Å². The quantitative estimate of drug-likeness (QED) is 0.722. The zero-order valence-corrected chi connectivity index (χ0v) is 15.0. The van der Waals surface area contributed by atoms with Gasteiger partial charge >= 0.3 is 5.51 Å². The van der Waals surface area contributed by atoms with E-state index in [1.807, 2.05) is 0 Å². The zero-order chi connectivity index (χ0) is 18.9. The highest BCUT2D eigenvalue weighted by Gasteiger charge is 2.48. The summed E-state index contributed by atoms with van der Waals surface area (Å²) in [6.07, 6.45) is 5.84. The number of halogens is 4. The molecule has 0 spiro atoms. The van der Waals surface area contributed by atoms with Crippen molar-refractivity contribution < 1.29 is 30.7 Å². The average molecular weight is 395 g/mol. The standard InChI is InChI=1S/C17H21F4NO3S/c18-12-5-6-15(16(11-12)26(23,24)17(19,20)21)22-9-7-14(8-10-22)25-13-3-1-2-4-13/h5-6,11,13-14H,1-4,7-10H2. The number of hydrogen-bond donors (Lipinski definition) is 0. The normalized spacial score (nSPS) is 20.7. The molecule has 0 N–H and O–H groups in total. The number of alkyl halides is 3. The minimum atomic E-state index is -5.62. The third-order valence-corrected chi connectivity index (χ3v) is 6.50. The van der Waals surface area contributed by atoms with Crippen molar-refractivity contribution in [3.8, 4) is 0 Å². The topological polar surface area (TPSA) is 46.6 Å². The third-order valence-electron chi connectivity index (χ3n) is 4.99. The molecule has 1 aromatic rings. The molecule has 146 valence electrons. The Hall–Kier alpha value is -1.35. The Bertz CT molecular complexity index is 737. The van der Waals surface area contributed by atoms with Crippen molar-refractivity contribution in [2.75, 3.05) is 18.0 Å². The van der Waals surface area contributed by atoms with Crippen molar-refractivity contribution >= 4 is 15.5 Å². The highest BCUT2D eigenvalue weighted by molar-refractivity contribution is 7.92. The Labute approximate surface area is 150 Å². The molecule has 26 heavy (non-hydrogen) atoms. The number of nitrogens with zero attached hydrogens (tertiary/aromatic N) is 1. The fourth-order valence-corrected chi connectivity index (χ4v) is 4.61. The lowest BCUT2D eigenvalue weighted by molar-refractivity contribution is -0.0436. The Morgan fingerprint density at radius 2 is 1.58 bits per heavy atom. The van der Waals surface area contributed by atoms with Crippen LogP contribution in [0.2, 0.25) is 0 Å². The third kappa shape index (κ3) is 3.98. The molecule has 3 rings (SSSR count). The number of benzene rings is 1. The van der Waals surface area contributed by atoms with Gasteiger partial charge in [-0.05, 0) is 43.9 Å². The van der Waals surface area contributed by atoms with Gasteiger partial charge in [-0.3, -0.25) is 0 Å². The van der Waals surface area contributed by atoms with Crippen molar-refractivity contribution in [1.82, 2.24) is 0 Å². The first kappa shape index (κ1) is 19.4. The Kier molecular flexibility index (Phi) is 5.48. The van der Waals surface area contributed by atoms with Crippen LogP contribution >= 0.6 is 0 Å². The molecule has 4 nitrogen and oxygen atoms in total. The maximum absolute atomic E-state index is 13.5. The summed E-state index contributed by atoms with van der Waals surface area (Å²) < 4.78 is 81.9. The zero-order valence-electron chi connectivity index (χ0n) is 14.1. The molecule has 0 bridgehead atoms. The van der Waals surface area contributed by atoms with Crippen LogP contribution < -0.4 is 4.90 Å². The van der Waals surface area contributed by atoms with Crippen LogP contribution in [0.3, 0.4) is 0 Å². The minimum absolute atomic E-state index is 0.0254. The number of rotatable bonds is 4. The molecule has 0 aromatic heterocycles. The maximum atomic E-state index is 13.5. The van der Waals surface area contributed by atoms with E-state index in [-0.39, 0.29) is 17.9 Å². The summed E-state index contributed by atoms with van der Waals surface area (Å²) in [5.41, 5.74) is -5.58. The summed E-state index contributed by atoms with van der Waals surface area (Å²) in [6.45, 7) is 0.729. The van der Waals surface area contributed by atoms with Crippen molar-refractivity contribution in [2.24, 2.45) is 0 Å². The molecule has 1 heterocycles. The highest BCUT2D eigenvalue weighted by atomic mass is 32.2. The van der Waals surface area contributed by atoms with Crippen LogP contribution in [0, 0.1) is 5.82 Å². The molecule has 0 atom stereocenters. The average Bonchev–Trinajstić information content (AvgIpc) is 3.07. The first-order chi connectivity index (χ1) is 12.2. The van der Waals surface area contributed by atoms with Crippen LogP contribution in [0.5, 0.6) is 0 Å². The van der Waals surface area contributed by atoms with E-state index in [1.165, 1.54) is 0 Å². The molecule has 1 aromatic carbocycles. The molecule has 0 unspecified atom stereocenters. The van der Waals surface area contributed by atoms with Crippen molar-refractivity contribution in [3.05, 3.63) is 24.0 Å². The molecule has 1 aliphatic carbocycles. The molecular weight excluding hydrogens is 374 g/mol. The largest absolute Gasteiger partial charge is 0.501 e. The molecule has 0 amide bonds. The van der Waals surface area contributed by atoms with Gasteiger partial charge in [0.05, 0.1) is 17.9 Å². The Morgan fingerprint density at radius 1 is 1.00 bits per heavy atom. The van der Waals surface area contributed by atoms with Crippen LogP contribution in [-0.4, -0.2) is 39.2 Å². The Morgan fingerprint density at radius 3 is 2.15 bits per heavy atom. The second kappa shape index (κ2) is 7.34. The van der Waals surface area contributed by atoms with Crippen LogP contribution in [0.25, 0.3) is 0 Å². The summed E-state index contributed by atoms with van der Waals surface area (Å²) in [7, 11) is -5.62. The first-order valence-corrected chi connectivity index (χ1v) is 10.2. The minimum Gasteiger partial charge on any atom is -0.375 e. The van der Waals surface area contributed by atoms with Gasteiger partial charge in [-0.2, -0.15) is 13.2 Å². The van der Waals surface area contributed by atoms with Crippen molar-refractivity contribution in [3.63, 3.8) is 0 Å². The van der Waals surface area contributed by atoms with Crippen LogP contribution in [-0.2, 0) is 14.6 Å². The van der Waals surface area contributed by atoms with Gasteiger partial charge in [0.1, 0.15) is 10.7 Å². The van der Waals surface area contributed by atoms with E-state index >= 15 is 0 Å². The monoisotopic (exact) mass is 395 g/mol. The molecule has 9 heteroatoms. The SMILES string of the molecule is O=S(=O)(c1cc(F)ccc1N1CCC(OC2CCCC2)CC1)C(F)(F)F. The summed E-state index contributed by atoms with van der Waals surface area (Å²) in [5.74, 6) is -1.02. The van der Waals surface area contributed by atoms with Gasteiger partial charge in [0.2, 0.25) is 0 Å². The maximum Gasteiger partial charge on any atom is 0.501 e. The fourth-order valence-electron chi connectivity index (χ4n) is 3.62. The van der Waals surface area contributed by atoms with Gasteiger partial charge < -0.3 is 9.64 Å². The van der Waals surface area contributed by atoms with Gasteiger partial charge in [-0.25, -0.2) is 12.8 Å². The molecule has 1 saturated heterocycles. The van der Waals surface area contributed by atoms with E-state index < -0.39 is 26.1 Å². The molecule has 0 radical (unpaired) electrons. The number of anilines is 1. The van der Waals surface area contributed by atoms with Crippen molar-refractivity contribution in [1.29, 1.82) is 0 Å². The van der Waals surface area contributed by atoms with Gasteiger partial charge in [0.15, 0.2) is 0 Å². The second-order valence-electron chi connectivity index (χ2n) is 6.79. The summed E-state index contributed by atoms with van der Waals surface area (Å²) in [4.78, 5) is 0.534. The van der Waals surface area contributed by atoms with Crippen molar-refractivity contribution in [2.45, 2.75) is 61.1 Å². The van der Waals surface area contributed by atoms with E-state index in [1.54, 1.807) is 4.90 Å². The van der Waals surface area contributed by atoms with Gasteiger partial charge in [0, 0.05) is 13.1 Å². The van der Waals surface area contributed by atoms with Gasteiger partial charge in [-0.1, -0.05) is 12.8 Å². The summed E-state index contributed by atoms with van der Waals surface area (Å²) in [6, 6.07) is 2.53. The lowest BCUT2D eigenvalue weighted by atomic mass is 10.1. The number of piperidine rings is 1. The van der Waals surface area contributed by atoms with Crippen LogP contribution in [0.15, 0.2) is 23.1 Å². The van der Waals surface area contributed by atoms with Gasteiger partial charge in [-0.15, -0.1) is 0 Å². The number of sulfone groups is 1. The smallest absolute Gasteiger partial charge is 0.375 e. The number of hydrogen-bond acceptors (Lipinski definition) is 4. The molecule has 2 fully saturated rings. The lowest BCUT2D eigenvalue weighted by Gasteiger charge is -2.35. The van der Waals surface area contributed by atoms with Crippen LogP contribution in [0.1, 0.15) is 38.5 Å². The van der Waals surface area contributed by atoms with Crippen LogP contribution in [0.4, 0.5) is 23.2 Å². The predicted octanol–water partition coefficient (Wildman–Crippen LogP) is 4.05. The summed E-state index contributed by atoms with van der Waals surface area (Å²) in [5, 5.41) is 0. The number of ether oxygens (including phenoxy) is 1. The molecule has 1 saturated carbocycles. The lowest BCUT2D eigenvalue weighted by Crippen LogP contribution is -2.39. The first-order valence-electron chi connectivity index (χ1n) is 8.70.